The van der Waals surface area contributed by atoms with Crippen LogP contribution in [-0.2, 0) is 9.59 Å². The van der Waals surface area contributed by atoms with Crippen molar-refractivity contribution < 1.29 is 14.7 Å². The van der Waals surface area contributed by atoms with Crippen LogP contribution in [-0.4, -0.2) is 34.5 Å². The van der Waals surface area contributed by atoms with Crippen molar-refractivity contribution in [2.24, 2.45) is 11.3 Å². The maximum Gasteiger partial charge on any atom is 0.310 e. The Morgan fingerprint density at radius 3 is 2.39 bits per heavy atom. The topological polar surface area (TPSA) is 66.4 Å². The van der Waals surface area contributed by atoms with Gasteiger partial charge in [0.05, 0.1) is 5.41 Å². The van der Waals surface area contributed by atoms with Gasteiger partial charge in [-0.25, -0.2) is 0 Å². The number of rotatable bonds is 5. The molecule has 18 heavy (non-hydrogen) atoms. The van der Waals surface area contributed by atoms with Gasteiger partial charge >= 0.3 is 5.97 Å². The summed E-state index contributed by atoms with van der Waals surface area (Å²) in [5.41, 5.74) is -0.979. The van der Waals surface area contributed by atoms with Crippen LogP contribution in [0.3, 0.4) is 0 Å². The Morgan fingerprint density at radius 1 is 1.39 bits per heavy atom. The van der Waals surface area contributed by atoms with Crippen LogP contribution in [0, 0.1) is 11.3 Å². The standard InChI is InChI=1S/C13H23NO3S/c1-9(2)13(3,12(16)17)8-11(15)14-10-4-6-18-7-5-10/h9-10H,4-8H2,1-3H3,(H,14,15)(H,16,17). The molecule has 0 aromatic rings. The van der Waals surface area contributed by atoms with Gasteiger partial charge in [0.15, 0.2) is 0 Å². The highest BCUT2D eigenvalue weighted by Gasteiger charge is 2.39. The van der Waals surface area contributed by atoms with E-state index in [0.29, 0.717) is 0 Å². The van der Waals surface area contributed by atoms with E-state index in [-0.39, 0.29) is 24.3 Å². The number of carboxylic acids is 1. The van der Waals surface area contributed by atoms with Crippen molar-refractivity contribution in [2.75, 3.05) is 11.5 Å². The van der Waals surface area contributed by atoms with Crippen LogP contribution in [0.15, 0.2) is 0 Å². The van der Waals surface area contributed by atoms with Crippen molar-refractivity contribution in [2.45, 2.75) is 46.1 Å². The van der Waals surface area contributed by atoms with Crippen molar-refractivity contribution in [3.05, 3.63) is 0 Å². The van der Waals surface area contributed by atoms with Crippen LogP contribution in [0.5, 0.6) is 0 Å². The molecule has 104 valence electrons. The van der Waals surface area contributed by atoms with E-state index in [1.165, 1.54) is 0 Å². The highest BCUT2D eigenvalue weighted by Crippen LogP contribution is 2.31. The lowest BCUT2D eigenvalue weighted by Gasteiger charge is -2.30. The number of aliphatic carboxylic acids is 1. The first kappa shape index (κ1) is 15.3. The summed E-state index contributed by atoms with van der Waals surface area (Å²) in [6, 6.07) is 0.226. The zero-order valence-corrected chi connectivity index (χ0v) is 12.2. The fourth-order valence-electron chi connectivity index (χ4n) is 1.98. The number of nitrogens with one attached hydrogen (secondary N) is 1. The van der Waals surface area contributed by atoms with E-state index >= 15 is 0 Å². The molecule has 1 unspecified atom stereocenters. The summed E-state index contributed by atoms with van der Waals surface area (Å²) in [6.07, 6.45) is 2.04. The molecule has 1 aliphatic heterocycles. The Kier molecular flexibility index (Phi) is 5.50. The molecule has 0 aromatic carbocycles. The average molecular weight is 273 g/mol. The van der Waals surface area contributed by atoms with Crippen LogP contribution in [0.2, 0.25) is 0 Å². The predicted molar refractivity (Wildman–Crippen MR) is 73.7 cm³/mol. The van der Waals surface area contributed by atoms with Gasteiger partial charge in [0, 0.05) is 12.5 Å². The maximum atomic E-state index is 12.0. The first-order valence-corrected chi connectivity index (χ1v) is 7.62. The van der Waals surface area contributed by atoms with Crippen molar-refractivity contribution in [1.82, 2.24) is 5.32 Å². The molecule has 1 fully saturated rings. The largest absolute Gasteiger partial charge is 0.481 e. The average Bonchev–Trinajstić information content (AvgIpc) is 2.29. The van der Waals surface area contributed by atoms with Crippen LogP contribution in [0.1, 0.15) is 40.0 Å². The lowest BCUT2D eigenvalue weighted by Crippen LogP contribution is -2.43. The molecule has 1 amide bonds. The van der Waals surface area contributed by atoms with Gasteiger partial charge in [0.25, 0.3) is 0 Å². The molecule has 1 aliphatic rings. The predicted octanol–water partition coefficient (Wildman–Crippen LogP) is 2.14. The monoisotopic (exact) mass is 273 g/mol. The number of amides is 1. The van der Waals surface area contributed by atoms with E-state index in [4.69, 9.17) is 0 Å². The zero-order valence-electron chi connectivity index (χ0n) is 11.4. The summed E-state index contributed by atoms with van der Waals surface area (Å²) >= 11 is 1.90. The smallest absolute Gasteiger partial charge is 0.310 e. The summed E-state index contributed by atoms with van der Waals surface area (Å²) in [4.78, 5) is 23.3. The van der Waals surface area contributed by atoms with Crippen LogP contribution in [0.4, 0.5) is 0 Å². The summed E-state index contributed by atoms with van der Waals surface area (Å²) in [5.74, 6) is 1.05. The number of hydrogen-bond donors (Lipinski definition) is 2. The Balaban J connectivity index is 2.53. The van der Waals surface area contributed by atoms with Crippen LogP contribution in [0.25, 0.3) is 0 Å². The highest BCUT2D eigenvalue weighted by molar-refractivity contribution is 7.99. The number of carbonyl (C=O) groups excluding carboxylic acids is 1. The molecular weight excluding hydrogens is 250 g/mol. The molecule has 2 N–H and O–H groups in total. The molecule has 0 radical (unpaired) electrons. The van der Waals surface area contributed by atoms with Gasteiger partial charge in [-0.1, -0.05) is 13.8 Å². The van der Waals surface area contributed by atoms with E-state index < -0.39 is 11.4 Å². The Morgan fingerprint density at radius 2 is 1.94 bits per heavy atom. The first-order chi connectivity index (χ1) is 8.36. The van der Waals surface area contributed by atoms with Crippen LogP contribution >= 0.6 is 11.8 Å². The van der Waals surface area contributed by atoms with Crippen molar-refractivity contribution in [1.29, 1.82) is 0 Å². The lowest BCUT2D eigenvalue weighted by atomic mass is 9.76. The highest BCUT2D eigenvalue weighted by atomic mass is 32.2. The third kappa shape index (κ3) is 3.90. The summed E-state index contributed by atoms with van der Waals surface area (Å²) in [6.45, 7) is 5.34. The summed E-state index contributed by atoms with van der Waals surface area (Å²) in [5, 5.41) is 12.2. The minimum Gasteiger partial charge on any atom is -0.481 e. The second kappa shape index (κ2) is 6.45. The Bertz CT molecular complexity index is 313. The summed E-state index contributed by atoms with van der Waals surface area (Å²) < 4.78 is 0. The number of carbonyl (C=O) groups is 2. The number of carboxylic acid groups (broad SMARTS) is 1. The minimum absolute atomic E-state index is 0.0592. The normalized spacial score (nSPS) is 20.4. The first-order valence-electron chi connectivity index (χ1n) is 6.46. The molecule has 1 atom stereocenters. The molecule has 5 heteroatoms. The Labute approximate surface area is 113 Å². The third-order valence-electron chi connectivity index (χ3n) is 3.88. The van der Waals surface area contributed by atoms with Gasteiger partial charge < -0.3 is 10.4 Å². The van der Waals surface area contributed by atoms with Gasteiger partial charge in [-0.2, -0.15) is 11.8 Å². The second-order valence-corrected chi connectivity index (χ2v) is 6.73. The van der Waals surface area contributed by atoms with E-state index in [9.17, 15) is 14.7 Å². The quantitative estimate of drug-likeness (QED) is 0.805. The fourth-order valence-corrected chi connectivity index (χ4v) is 3.09. The molecule has 0 spiro atoms. The molecule has 1 saturated heterocycles. The molecule has 1 heterocycles. The molecule has 0 bridgehead atoms. The zero-order chi connectivity index (χ0) is 13.8. The molecule has 0 aliphatic carbocycles. The van der Waals surface area contributed by atoms with Crippen molar-refractivity contribution in [3.8, 4) is 0 Å². The number of thioether (sulfide) groups is 1. The van der Waals surface area contributed by atoms with Gasteiger partial charge in [-0.15, -0.1) is 0 Å². The Hall–Kier alpha value is -0.710. The van der Waals surface area contributed by atoms with E-state index in [1.54, 1.807) is 6.92 Å². The van der Waals surface area contributed by atoms with E-state index in [0.717, 1.165) is 24.3 Å². The SMILES string of the molecule is CC(C)C(C)(CC(=O)NC1CCSCC1)C(=O)O. The third-order valence-corrected chi connectivity index (χ3v) is 4.93. The lowest BCUT2D eigenvalue weighted by molar-refractivity contribution is -0.153. The van der Waals surface area contributed by atoms with E-state index in [2.05, 4.69) is 5.32 Å². The maximum absolute atomic E-state index is 12.0. The molecule has 0 aromatic heterocycles. The second-order valence-electron chi connectivity index (χ2n) is 5.51. The van der Waals surface area contributed by atoms with Gasteiger partial charge in [0.1, 0.15) is 0 Å². The van der Waals surface area contributed by atoms with E-state index in [1.807, 2.05) is 25.6 Å². The van der Waals surface area contributed by atoms with Crippen molar-refractivity contribution >= 4 is 23.6 Å². The minimum atomic E-state index is -0.979. The van der Waals surface area contributed by atoms with Gasteiger partial charge in [-0.05, 0) is 37.2 Å². The molecule has 4 nitrogen and oxygen atoms in total. The number of hydrogen-bond acceptors (Lipinski definition) is 3. The molecular formula is C13H23NO3S. The summed E-state index contributed by atoms with van der Waals surface area (Å²) in [7, 11) is 0. The fraction of sp³-hybridized carbons (Fsp3) is 0.846. The molecule has 1 rings (SSSR count). The van der Waals surface area contributed by atoms with Crippen LogP contribution < -0.4 is 5.32 Å². The molecule has 0 saturated carbocycles. The van der Waals surface area contributed by atoms with Gasteiger partial charge in [-0.3, -0.25) is 9.59 Å². The van der Waals surface area contributed by atoms with Gasteiger partial charge in [0.2, 0.25) is 5.91 Å². The van der Waals surface area contributed by atoms with Crippen molar-refractivity contribution in [3.63, 3.8) is 0 Å².